The van der Waals surface area contributed by atoms with Gasteiger partial charge >= 0.3 is 6.09 Å². The van der Waals surface area contributed by atoms with Gasteiger partial charge in [0.25, 0.3) is 0 Å². The van der Waals surface area contributed by atoms with Crippen molar-refractivity contribution in [2.24, 2.45) is 5.10 Å². The van der Waals surface area contributed by atoms with Crippen molar-refractivity contribution in [2.45, 2.75) is 77.8 Å². The standard InChI is InChI=1S/C16H29N3O7.CH4O/c1-8(2)24-14-12(17-9(3)21)11(13(22)10(7-20)25-14)18-19-15(23)26-16(4,5)6;1-2/h8,10,12-14,20,22H,7H2,1-6H3,(H,17,21)(H,19,23);2H,1H3/b18-11-;/t10-,12-,13-,14+;/m1./s1. The van der Waals surface area contributed by atoms with Crippen molar-refractivity contribution >= 4 is 17.7 Å². The number of rotatable bonds is 5. The third kappa shape index (κ3) is 8.93. The highest BCUT2D eigenvalue weighted by atomic mass is 16.7. The second-order valence-corrected chi connectivity index (χ2v) is 7.18. The van der Waals surface area contributed by atoms with Crippen molar-refractivity contribution in [1.29, 1.82) is 0 Å². The van der Waals surface area contributed by atoms with Crippen LogP contribution in [0.3, 0.4) is 0 Å². The second kappa shape index (κ2) is 11.9. The van der Waals surface area contributed by atoms with Crippen molar-refractivity contribution in [3.05, 3.63) is 0 Å². The Labute approximate surface area is 165 Å². The normalized spacial score (nSPS) is 26.3. The Balaban J connectivity index is 0.00000352. The summed E-state index contributed by atoms with van der Waals surface area (Å²) >= 11 is 0. The largest absolute Gasteiger partial charge is 0.443 e. The molecule has 164 valence electrons. The molecule has 11 nitrogen and oxygen atoms in total. The lowest BCUT2D eigenvalue weighted by Gasteiger charge is -2.40. The molecule has 1 saturated heterocycles. The summed E-state index contributed by atoms with van der Waals surface area (Å²) in [5, 5.41) is 33.3. The number of hydrazone groups is 1. The molecule has 0 saturated carbocycles. The van der Waals surface area contributed by atoms with Gasteiger partial charge in [0.2, 0.25) is 5.91 Å². The Hall–Kier alpha value is -1.79. The van der Waals surface area contributed by atoms with Crippen LogP contribution in [-0.2, 0) is 19.0 Å². The predicted molar refractivity (Wildman–Crippen MR) is 101 cm³/mol. The zero-order valence-electron chi connectivity index (χ0n) is 17.4. The van der Waals surface area contributed by atoms with E-state index in [4.69, 9.17) is 19.3 Å². The zero-order chi connectivity index (χ0) is 22.1. The SMILES string of the molecule is CC(=O)N[C@@H]1/C(=N/NC(=O)OC(C)(C)C)[C@H](O)[C@@H](CO)O[C@@H]1OC(C)C.CO. The number of nitrogens with zero attached hydrogens (tertiary/aromatic N) is 1. The van der Waals surface area contributed by atoms with Gasteiger partial charge in [0, 0.05) is 14.0 Å². The van der Waals surface area contributed by atoms with Gasteiger partial charge in [-0.05, 0) is 34.6 Å². The van der Waals surface area contributed by atoms with Crippen LogP contribution in [0, 0.1) is 0 Å². The molecule has 11 heteroatoms. The molecular formula is C17H33N3O8. The molecule has 0 spiro atoms. The summed E-state index contributed by atoms with van der Waals surface area (Å²) in [6.07, 6.45) is -4.47. The van der Waals surface area contributed by atoms with Crippen LogP contribution in [0.15, 0.2) is 5.10 Å². The fourth-order valence-electron chi connectivity index (χ4n) is 2.27. The molecule has 1 rings (SSSR count). The number of amides is 2. The van der Waals surface area contributed by atoms with E-state index >= 15 is 0 Å². The maximum atomic E-state index is 11.8. The van der Waals surface area contributed by atoms with E-state index in [0.717, 1.165) is 7.11 Å². The molecule has 0 radical (unpaired) electrons. The molecule has 0 aromatic rings. The number of hydrogen-bond acceptors (Lipinski definition) is 9. The van der Waals surface area contributed by atoms with E-state index in [0.29, 0.717) is 0 Å². The van der Waals surface area contributed by atoms with Crippen LogP contribution in [0.5, 0.6) is 0 Å². The van der Waals surface area contributed by atoms with Crippen LogP contribution in [-0.4, -0.2) is 83.0 Å². The maximum absolute atomic E-state index is 11.8. The number of aliphatic hydroxyl groups is 3. The summed E-state index contributed by atoms with van der Waals surface area (Å²) in [6, 6.07) is -0.956. The summed E-state index contributed by atoms with van der Waals surface area (Å²) < 4.78 is 16.2. The van der Waals surface area contributed by atoms with E-state index < -0.39 is 48.7 Å². The molecule has 28 heavy (non-hydrogen) atoms. The molecule has 4 atom stereocenters. The summed E-state index contributed by atoms with van der Waals surface area (Å²) in [5.41, 5.74) is 1.44. The molecule has 0 unspecified atom stereocenters. The highest BCUT2D eigenvalue weighted by Crippen LogP contribution is 2.21. The third-order valence-corrected chi connectivity index (χ3v) is 3.18. The lowest BCUT2D eigenvalue weighted by Crippen LogP contribution is -2.63. The average molecular weight is 407 g/mol. The van der Waals surface area contributed by atoms with E-state index in [-0.39, 0.29) is 11.8 Å². The van der Waals surface area contributed by atoms with Gasteiger partial charge < -0.3 is 34.8 Å². The number of ether oxygens (including phenoxy) is 3. The lowest BCUT2D eigenvalue weighted by atomic mass is 9.97. The Morgan fingerprint density at radius 2 is 1.86 bits per heavy atom. The molecule has 1 aliphatic rings. The zero-order valence-corrected chi connectivity index (χ0v) is 17.4. The maximum Gasteiger partial charge on any atom is 0.428 e. The summed E-state index contributed by atoms with van der Waals surface area (Å²) in [4.78, 5) is 23.4. The minimum absolute atomic E-state index is 0.0120. The summed E-state index contributed by atoms with van der Waals surface area (Å²) in [6.45, 7) is 9.39. The Morgan fingerprint density at radius 1 is 1.29 bits per heavy atom. The van der Waals surface area contributed by atoms with Crippen LogP contribution in [0.2, 0.25) is 0 Å². The first-order valence-corrected chi connectivity index (χ1v) is 8.82. The minimum Gasteiger partial charge on any atom is -0.443 e. The van der Waals surface area contributed by atoms with E-state index in [1.54, 1.807) is 34.6 Å². The van der Waals surface area contributed by atoms with Crippen LogP contribution in [0.1, 0.15) is 41.5 Å². The first kappa shape index (κ1) is 26.2. The Kier molecular flexibility index (Phi) is 11.2. The number of hydrogen-bond donors (Lipinski definition) is 5. The molecule has 0 aromatic carbocycles. The number of carbonyl (C=O) groups is 2. The van der Waals surface area contributed by atoms with Gasteiger partial charge in [-0.3, -0.25) is 4.79 Å². The highest BCUT2D eigenvalue weighted by Gasteiger charge is 2.44. The third-order valence-electron chi connectivity index (χ3n) is 3.18. The Bertz CT molecular complexity index is 533. The minimum atomic E-state index is -1.36. The van der Waals surface area contributed by atoms with Crippen LogP contribution in [0.4, 0.5) is 4.79 Å². The van der Waals surface area contributed by atoms with E-state index in [2.05, 4.69) is 15.8 Å². The van der Waals surface area contributed by atoms with Gasteiger partial charge in [0.05, 0.1) is 18.4 Å². The summed E-state index contributed by atoms with van der Waals surface area (Å²) in [7, 11) is 1.00. The number of aliphatic hydroxyl groups excluding tert-OH is 3. The van der Waals surface area contributed by atoms with Gasteiger partial charge in [-0.15, -0.1) is 0 Å². The first-order chi connectivity index (χ1) is 12.9. The van der Waals surface area contributed by atoms with Crippen molar-refractivity contribution < 1.29 is 39.1 Å². The van der Waals surface area contributed by atoms with Gasteiger partial charge in [0.15, 0.2) is 6.29 Å². The molecule has 1 heterocycles. The van der Waals surface area contributed by atoms with Gasteiger partial charge in [0.1, 0.15) is 23.9 Å². The molecule has 0 bridgehead atoms. The molecule has 0 aromatic heterocycles. The quantitative estimate of drug-likeness (QED) is 0.381. The second-order valence-electron chi connectivity index (χ2n) is 7.18. The average Bonchev–Trinajstić information content (AvgIpc) is 2.56. The van der Waals surface area contributed by atoms with Crippen molar-refractivity contribution in [3.63, 3.8) is 0 Å². The van der Waals surface area contributed by atoms with Crippen molar-refractivity contribution in [2.75, 3.05) is 13.7 Å². The molecule has 1 aliphatic heterocycles. The Morgan fingerprint density at radius 3 is 2.29 bits per heavy atom. The number of carbonyl (C=O) groups excluding carboxylic acids is 2. The van der Waals surface area contributed by atoms with Gasteiger partial charge in [-0.25, -0.2) is 10.2 Å². The molecule has 2 amide bonds. The fourth-order valence-corrected chi connectivity index (χ4v) is 2.27. The monoisotopic (exact) mass is 407 g/mol. The van der Waals surface area contributed by atoms with Gasteiger partial charge in [-0.2, -0.15) is 5.10 Å². The topological polar surface area (TPSA) is 159 Å². The first-order valence-electron chi connectivity index (χ1n) is 8.82. The van der Waals surface area contributed by atoms with E-state index in [1.807, 2.05) is 0 Å². The van der Waals surface area contributed by atoms with Crippen molar-refractivity contribution in [3.8, 4) is 0 Å². The predicted octanol–water partition coefficient (Wildman–Crippen LogP) is -0.517. The smallest absolute Gasteiger partial charge is 0.428 e. The van der Waals surface area contributed by atoms with E-state index in [9.17, 15) is 19.8 Å². The van der Waals surface area contributed by atoms with Crippen LogP contribution in [0.25, 0.3) is 0 Å². The van der Waals surface area contributed by atoms with E-state index in [1.165, 1.54) is 6.92 Å². The molecule has 5 N–H and O–H groups in total. The molecular weight excluding hydrogens is 374 g/mol. The fraction of sp³-hybridized carbons (Fsp3) is 0.824. The van der Waals surface area contributed by atoms with Crippen molar-refractivity contribution in [1.82, 2.24) is 10.7 Å². The van der Waals surface area contributed by atoms with Crippen LogP contribution < -0.4 is 10.7 Å². The van der Waals surface area contributed by atoms with Crippen LogP contribution >= 0.6 is 0 Å². The summed E-state index contributed by atoms with van der Waals surface area (Å²) in [5.74, 6) is -0.407. The molecule has 0 aliphatic carbocycles. The highest BCUT2D eigenvalue weighted by molar-refractivity contribution is 5.97. The van der Waals surface area contributed by atoms with Gasteiger partial charge in [-0.1, -0.05) is 0 Å². The number of nitrogens with one attached hydrogen (secondary N) is 2. The lowest BCUT2D eigenvalue weighted by molar-refractivity contribution is -0.223. The molecule has 1 fully saturated rings.